The Morgan fingerprint density at radius 2 is 1.83 bits per heavy atom. The second-order valence-corrected chi connectivity index (χ2v) is 9.12. The Kier molecular flexibility index (Phi) is 6.53. The smallest absolute Gasteiger partial charge is 0.335 e. The first kappa shape index (κ1) is 20.7. The molecule has 1 aliphatic carbocycles. The van der Waals surface area contributed by atoms with E-state index in [2.05, 4.69) is 42.5 Å². The summed E-state index contributed by atoms with van der Waals surface area (Å²) in [6.07, 6.45) is 4.53. The Morgan fingerprint density at radius 1 is 1.03 bits per heavy atom. The number of carboxylic acids is 1. The maximum absolute atomic E-state index is 12.5. The number of hydrogen-bond donors (Lipinski definition) is 1. The molecule has 4 rings (SSSR count). The van der Waals surface area contributed by atoms with Gasteiger partial charge in [-0.3, -0.25) is 4.79 Å². The van der Waals surface area contributed by atoms with Crippen molar-refractivity contribution in [3.05, 3.63) is 77.9 Å². The van der Waals surface area contributed by atoms with Crippen LogP contribution in [0.4, 0.5) is 0 Å². The van der Waals surface area contributed by atoms with Crippen molar-refractivity contribution in [2.45, 2.75) is 37.0 Å². The van der Waals surface area contributed by atoms with E-state index in [1.807, 2.05) is 12.1 Å². The van der Waals surface area contributed by atoms with Crippen LogP contribution < -0.4 is 0 Å². The zero-order chi connectivity index (χ0) is 20.9. The molecule has 0 unspecified atom stereocenters. The molecule has 3 aromatic carbocycles. The number of Topliss-reactive ketones (excluding diaryl/α,β-unsaturated/α-hetero) is 1. The zero-order valence-electron chi connectivity index (χ0n) is 16.9. The Morgan fingerprint density at radius 3 is 2.70 bits per heavy atom. The van der Waals surface area contributed by atoms with Crippen molar-refractivity contribution in [2.24, 2.45) is 11.8 Å². The molecule has 3 aromatic rings. The van der Waals surface area contributed by atoms with Crippen LogP contribution in [0.25, 0.3) is 10.8 Å². The normalized spacial score (nSPS) is 18.7. The molecule has 3 nitrogen and oxygen atoms in total. The van der Waals surface area contributed by atoms with E-state index in [0.717, 1.165) is 37.0 Å². The molecular weight excluding hydrogens is 392 g/mol. The minimum Gasteiger partial charge on any atom is -0.478 e. The molecule has 1 fully saturated rings. The second kappa shape index (κ2) is 9.48. The van der Waals surface area contributed by atoms with Gasteiger partial charge in [0.25, 0.3) is 0 Å². The van der Waals surface area contributed by atoms with E-state index < -0.39 is 5.97 Å². The van der Waals surface area contributed by atoms with Crippen molar-refractivity contribution in [1.29, 1.82) is 0 Å². The lowest BCUT2D eigenvalue weighted by Gasteiger charge is -2.18. The Labute approximate surface area is 181 Å². The number of ketones is 1. The standard InChI is InChI=1S/C26H26O3S/c27-24-15-14-20(9-3-6-18-7-4-11-21(16-18)26(28)29)23(24)17-30-25-13-5-10-19-8-1-2-12-22(19)25/h1-2,4-5,7-8,10-13,16,20,23H,3,6,9,14-15,17H2,(H,28,29)/t20-,23+/m0/s1. The van der Waals surface area contributed by atoms with Crippen molar-refractivity contribution in [3.63, 3.8) is 0 Å². The number of carbonyl (C=O) groups excluding carboxylic acids is 1. The Bertz CT molecular complexity index is 1050. The monoisotopic (exact) mass is 418 g/mol. The molecule has 0 spiro atoms. The largest absolute Gasteiger partial charge is 0.478 e. The Hall–Kier alpha value is -2.59. The van der Waals surface area contributed by atoms with Crippen molar-refractivity contribution in [3.8, 4) is 0 Å². The lowest BCUT2D eigenvalue weighted by Crippen LogP contribution is -2.17. The number of benzene rings is 3. The predicted octanol–water partition coefficient (Wildman–Crippen LogP) is 6.25. The van der Waals surface area contributed by atoms with Crippen LogP contribution in [-0.2, 0) is 11.2 Å². The molecule has 0 aliphatic heterocycles. The number of thioether (sulfide) groups is 1. The third-order valence-electron chi connectivity index (χ3n) is 6.13. The quantitative estimate of drug-likeness (QED) is 0.439. The summed E-state index contributed by atoms with van der Waals surface area (Å²) in [4.78, 5) is 24.9. The lowest BCUT2D eigenvalue weighted by atomic mass is 9.91. The predicted molar refractivity (Wildman–Crippen MR) is 122 cm³/mol. The van der Waals surface area contributed by atoms with Crippen LogP contribution in [0.15, 0.2) is 71.6 Å². The third-order valence-corrected chi connectivity index (χ3v) is 7.32. The molecule has 4 heteroatoms. The average molecular weight is 419 g/mol. The highest BCUT2D eigenvalue weighted by Crippen LogP contribution is 2.38. The van der Waals surface area contributed by atoms with Gasteiger partial charge in [-0.05, 0) is 66.1 Å². The minimum atomic E-state index is -0.885. The SMILES string of the molecule is O=C(O)c1cccc(CCC[C@H]2CCC(=O)[C@@H]2CSc2cccc3ccccc23)c1. The summed E-state index contributed by atoms with van der Waals surface area (Å²) in [5.41, 5.74) is 1.40. The summed E-state index contributed by atoms with van der Waals surface area (Å²) in [5.74, 6) is 0.915. The first-order valence-electron chi connectivity index (χ1n) is 10.6. The summed E-state index contributed by atoms with van der Waals surface area (Å²) in [6, 6.07) is 21.9. The van der Waals surface area contributed by atoms with Crippen LogP contribution in [0.1, 0.15) is 41.6 Å². The minimum absolute atomic E-state index is 0.124. The van der Waals surface area contributed by atoms with Gasteiger partial charge in [-0.25, -0.2) is 4.79 Å². The van der Waals surface area contributed by atoms with Crippen molar-refractivity contribution >= 4 is 34.3 Å². The van der Waals surface area contributed by atoms with Gasteiger partial charge >= 0.3 is 5.97 Å². The van der Waals surface area contributed by atoms with Crippen LogP contribution in [0.3, 0.4) is 0 Å². The van der Waals surface area contributed by atoms with Crippen molar-refractivity contribution < 1.29 is 14.7 Å². The maximum Gasteiger partial charge on any atom is 0.335 e. The molecule has 1 saturated carbocycles. The summed E-state index contributed by atoms with van der Waals surface area (Å²) in [7, 11) is 0. The van der Waals surface area contributed by atoms with E-state index in [9.17, 15) is 9.59 Å². The Balaban J connectivity index is 1.35. The molecule has 0 radical (unpaired) electrons. The number of rotatable bonds is 8. The number of fused-ring (bicyclic) bond motifs is 1. The van der Waals surface area contributed by atoms with Crippen LogP contribution in [0, 0.1) is 11.8 Å². The molecular formula is C26H26O3S. The van der Waals surface area contributed by atoms with Crippen molar-refractivity contribution in [1.82, 2.24) is 0 Å². The van der Waals surface area contributed by atoms with E-state index in [1.165, 1.54) is 15.7 Å². The molecule has 1 N–H and O–H groups in total. The van der Waals surface area contributed by atoms with Gasteiger partial charge < -0.3 is 5.11 Å². The van der Waals surface area contributed by atoms with Crippen LogP contribution >= 0.6 is 11.8 Å². The molecule has 2 atom stereocenters. The molecule has 0 amide bonds. The summed E-state index contributed by atoms with van der Waals surface area (Å²) in [6.45, 7) is 0. The molecule has 0 saturated heterocycles. The third kappa shape index (κ3) is 4.76. The number of aryl methyl sites for hydroxylation is 1. The molecule has 154 valence electrons. The van der Waals surface area contributed by atoms with Gasteiger partial charge in [0.05, 0.1) is 5.56 Å². The highest BCUT2D eigenvalue weighted by molar-refractivity contribution is 7.99. The summed E-state index contributed by atoms with van der Waals surface area (Å²) >= 11 is 1.80. The van der Waals surface area contributed by atoms with Gasteiger partial charge in [-0.15, -0.1) is 11.8 Å². The molecule has 1 aliphatic rings. The number of aromatic carboxylic acids is 1. The maximum atomic E-state index is 12.5. The number of carboxylic acid groups (broad SMARTS) is 1. The number of hydrogen-bond acceptors (Lipinski definition) is 3. The lowest BCUT2D eigenvalue weighted by molar-refractivity contribution is -0.120. The summed E-state index contributed by atoms with van der Waals surface area (Å²) < 4.78 is 0. The topological polar surface area (TPSA) is 54.4 Å². The van der Waals surface area contributed by atoms with E-state index in [4.69, 9.17) is 5.11 Å². The molecule has 0 heterocycles. The average Bonchev–Trinajstić information content (AvgIpc) is 3.11. The van der Waals surface area contributed by atoms with E-state index in [-0.39, 0.29) is 5.92 Å². The van der Waals surface area contributed by atoms with Crippen molar-refractivity contribution in [2.75, 3.05) is 5.75 Å². The van der Waals surface area contributed by atoms with Crippen LogP contribution in [0.5, 0.6) is 0 Å². The fourth-order valence-electron chi connectivity index (χ4n) is 4.48. The van der Waals surface area contributed by atoms with Gasteiger partial charge in [0, 0.05) is 23.0 Å². The van der Waals surface area contributed by atoms with E-state index in [0.29, 0.717) is 23.7 Å². The van der Waals surface area contributed by atoms with Crippen LogP contribution in [-0.4, -0.2) is 22.6 Å². The van der Waals surface area contributed by atoms with Gasteiger partial charge in [-0.1, -0.05) is 48.5 Å². The van der Waals surface area contributed by atoms with E-state index >= 15 is 0 Å². The first-order valence-corrected chi connectivity index (χ1v) is 11.6. The zero-order valence-corrected chi connectivity index (χ0v) is 17.7. The molecule has 0 bridgehead atoms. The highest BCUT2D eigenvalue weighted by atomic mass is 32.2. The second-order valence-electron chi connectivity index (χ2n) is 8.06. The number of carbonyl (C=O) groups is 2. The molecule has 30 heavy (non-hydrogen) atoms. The van der Waals surface area contributed by atoms with Crippen LogP contribution in [0.2, 0.25) is 0 Å². The van der Waals surface area contributed by atoms with E-state index in [1.54, 1.807) is 23.9 Å². The van der Waals surface area contributed by atoms with Gasteiger partial charge in [0.1, 0.15) is 5.78 Å². The highest BCUT2D eigenvalue weighted by Gasteiger charge is 2.34. The van der Waals surface area contributed by atoms with Gasteiger partial charge in [0.2, 0.25) is 0 Å². The fraction of sp³-hybridized carbons (Fsp3) is 0.308. The fourth-order valence-corrected chi connectivity index (χ4v) is 5.81. The van der Waals surface area contributed by atoms with Gasteiger partial charge in [0.15, 0.2) is 0 Å². The summed E-state index contributed by atoms with van der Waals surface area (Å²) in [5, 5.41) is 11.6. The first-order chi connectivity index (χ1) is 14.6. The van der Waals surface area contributed by atoms with Gasteiger partial charge in [-0.2, -0.15) is 0 Å². The molecule has 0 aromatic heterocycles.